The molecule has 0 bridgehead atoms. The molecule has 0 saturated carbocycles. The molecule has 0 radical (unpaired) electrons. The molecular formula is C29H28O9. The maximum absolute atomic E-state index is 13.2. The van der Waals surface area contributed by atoms with Crippen molar-refractivity contribution in [2.75, 3.05) is 14.2 Å². The Balaban J connectivity index is 2.13. The quantitative estimate of drug-likeness (QED) is 0.215. The predicted molar refractivity (Wildman–Crippen MR) is 140 cm³/mol. The Morgan fingerprint density at radius 1 is 0.947 bits per heavy atom. The van der Waals surface area contributed by atoms with E-state index < -0.39 is 34.6 Å². The summed E-state index contributed by atoms with van der Waals surface area (Å²) < 4.78 is 22.6. The third-order valence-electron chi connectivity index (χ3n) is 6.10. The zero-order valence-electron chi connectivity index (χ0n) is 21.3. The molecule has 4 aromatic rings. The van der Waals surface area contributed by atoms with Crippen molar-refractivity contribution in [1.82, 2.24) is 0 Å². The molecule has 3 aromatic carbocycles. The standard InChI is InChI=1S/C29H28O9/c1-15(2)37-28-17(11-8-12-20(28)35-3)18(13-22(31)36-4)23-25(32)27(34)26(33)24-19(30)14-21(38-29(23)24)16-9-6-5-7-10-16/h5-12,14-15,18,32-34H,13H2,1-4H3. The van der Waals surface area contributed by atoms with Crippen LogP contribution in [0.5, 0.6) is 28.7 Å². The molecule has 198 valence electrons. The molecule has 0 amide bonds. The van der Waals surface area contributed by atoms with Gasteiger partial charge in [0.25, 0.3) is 0 Å². The van der Waals surface area contributed by atoms with E-state index in [9.17, 15) is 24.9 Å². The number of hydrogen-bond donors (Lipinski definition) is 3. The number of carbonyl (C=O) groups is 1. The third kappa shape index (κ3) is 4.82. The Kier molecular flexibility index (Phi) is 7.47. The van der Waals surface area contributed by atoms with Crippen LogP contribution in [0.15, 0.2) is 63.8 Å². The first-order chi connectivity index (χ1) is 18.2. The van der Waals surface area contributed by atoms with Crippen molar-refractivity contribution < 1.29 is 38.7 Å². The molecule has 9 heteroatoms. The summed E-state index contributed by atoms with van der Waals surface area (Å²) in [5.41, 5.74) is 0.0196. The number of hydrogen-bond acceptors (Lipinski definition) is 9. The molecule has 0 aliphatic heterocycles. The maximum atomic E-state index is 13.2. The number of methoxy groups -OCH3 is 2. The number of ether oxygens (including phenoxy) is 3. The number of fused-ring (bicyclic) bond motifs is 1. The number of phenolic OH excluding ortho intramolecular Hbond substituents is 3. The van der Waals surface area contributed by atoms with E-state index in [2.05, 4.69) is 0 Å². The van der Waals surface area contributed by atoms with E-state index in [-0.39, 0.29) is 34.8 Å². The molecule has 0 aliphatic rings. The molecule has 0 saturated heterocycles. The van der Waals surface area contributed by atoms with Gasteiger partial charge in [-0.3, -0.25) is 9.59 Å². The second kappa shape index (κ2) is 10.8. The first-order valence-electron chi connectivity index (χ1n) is 11.9. The summed E-state index contributed by atoms with van der Waals surface area (Å²) in [7, 11) is 2.68. The Morgan fingerprint density at radius 2 is 1.66 bits per heavy atom. The second-order valence-corrected chi connectivity index (χ2v) is 8.88. The van der Waals surface area contributed by atoms with Crippen molar-refractivity contribution in [2.24, 2.45) is 0 Å². The van der Waals surface area contributed by atoms with Gasteiger partial charge in [-0.2, -0.15) is 0 Å². The van der Waals surface area contributed by atoms with Crippen molar-refractivity contribution in [3.8, 4) is 40.1 Å². The molecule has 9 nitrogen and oxygen atoms in total. The van der Waals surface area contributed by atoms with Crippen LogP contribution in [0, 0.1) is 0 Å². The van der Waals surface area contributed by atoms with Crippen LogP contribution in [-0.2, 0) is 9.53 Å². The van der Waals surface area contributed by atoms with Crippen molar-refractivity contribution in [3.05, 3.63) is 75.9 Å². The van der Waals surface area contributed by atoms with Gasteiger partial charge in [0.15, 0.2) is 28.4 Å². The van der Waals surface area contributed by atoms with Gasteiger partial charge < -0.3 is 33.9 Å². The topological polar surface area (TPSA) is 136 Å². The summed E-state index contributed by atoms with van der Waals surface area (Å²) in [4.78, 5) is 25.8. The molecule has 38 heavy (non-hydrogen) atoms. The van der Waals surface area contributed by atoms with Gasteiger partial charge in [-0.05, 0) is 19.9 Å². The van der Waals surface area contributed by atoms with E-state index in [0.29, 0.717) is 22.6 Å². The number of para-hydroxylation sites is 1. The Morgan fingerprint density at radius 3 is 2.29 bits per heavy atom. The normalized spacial score (nSPS) is 11.9. The van der Waals surface area contributed by atoms with Crippen LogP contribution in [0.4, 0.5) is 0 Å². The Labute approximate surface area is 218 Å². The van der Waals surface area contributed by atoms with Crippen LogP contribution >= 0.6 is 0 Å². The smallest absolute Gasteiger partial charge is 0.306 e. The fraction of sp³-hybridized carbons (Fsp3) is 0.241. The van der Waals surface area contributed by atoms with Crippen LogP contribution in [0.1, 0.15) is 37.3 Å². The lowest BCUT2D eigenvalue weighted by atomic mass is 9.85. The van der Waals surface area contributed by atoms with E-state index in [1.807, 2.05) is 13.8 Å². The fourth-order valence-corrected chi connectivity index (χ4v) is 4.39. The molecule has 1 heterocycles. The molecule has 0 fully saturated rings. The van der Waals surface area contributed by atoms with Crippen molar-refractivity contribution in [2.45, 2.75) is 32.3 Å². The summed E-state index contributed by atoms with van der Waals surface area (Å²) in [6.07, 6.45) is -0.616. The number of rotatable bonds is 8. The lowest BCUT2D eigenvalue weighted by Crippen LogP contribution is -2.15. The van der Waals surface area contributed by atoms with E-state index in [1.54, 1.807) is 48.5 Å². The van der Waals surface area contributed by atoms with Crippen molar-refractivity contribution >= 4 is 16.9 Å². The van der Waals surface area contributed by atoms with Gasteiger partial charge in [0.1, 0.15) is 16.7 Å². The lowest BCUT2D eigenvalue weighted by molar-refractivity contribution is -0.140. The number of benzene rings is 3. The second-order valence-electron chi connectivity index (χ2n) is 8.88. The summed E-state index contributed by atoms with van der Waals surface area (Å²) in [6.45, 7) is 3.63. The largest absolute Gasteiger partial charge is 0.504 e. The Bertz CT molecular complexity index is 1540. The van der Waals surface area contributed by atoms with Crippen LogP contribution in [0.25, 0.3) is 22.3 Å². The number of aromatic hydroxyl groups is 3. The zero-order valence-corrected chi connectivity index (χ0v) is 21.3. The molecule has 1 aromatic heterocycles. The van der Waals surface area contributed by atoms with Gasteiger partial charge in [0.05, 0.1) is 26.7 Å². The van der Waals surface area contributed by atoms with Crippen LogP contribution < -0.4 is 14.9 Å². The summed E-state index contributed by atoms with van der Waals surface area (Å²) >= 11 is 0. The fourth-order valence-electron chi connectivity index (χ4n) is 4.39. The highest BCUT2D eigenvalue weighted by Gasteiger charge is 2.33. The van der Waals surface area contributed by atoms with E-state index in [0.717, 1.165) is 0 Å². The molecular weight excluding hydrogens is 492 g/mol. The van der Waals surface area contributed by atoms with Crippen LogP contribution in [0.2, 0.25) is 0 Å². The highest BCUT2D eigenvalue weighted by Crippen LogP contribution is 2.51. The van der Waals surface area contributed by atoms with Crippen molar-refractivity contribution in [3.63, 3.8) is 0 Å². The lowest BCUT2D eigenvalue weighted by Gasteiger charge is -2.25. The highest BCUT2D eigenvalue weighted by atomic mass is 16.5. The maximum Gasteiger partial charge on any atom is 0.306 e. The molecule has 0 aliphatic carbocycles. The van der Waals surface area contributed by atoms with Gasteiger partial charge in [0.2, 0.25) is 5.75 Å². The Hall–Kier alpha value is -4.66. The number of carbonyl (C=O) groups excluding carboxylic acids is 1. The van der Waals surface area contributed by atoms with E-state index >= 15 is 0 Å². The van der Waals surface area contributed by atoms with Gasteiger partial charge in [-0.15, -0.1) is 0 Å². The highest BCUT2D eigenvalue weighted by molar-refractivity contribution is 5.94. The van der Waals surface area contributed by atoms with Gasteiger partial charge in [-0.1, -0.05) is 42.5 Å². The van der Waals surface area contributed by atoms with Crippen LogP contribution in [0.3, 0.4) is 0 Å². The van der Waals surface area contributed by atoms with E-state index in [1.165, 1.54) is 20.3 Å². The number of esters is 1. The first kappa shape index (κ1) is 26.4. The molecule has 1 atom stereocenters. The van der Waals surface area contributed by atoms with Crippen molar-refractivity contribution in [1.29, 1.82) is 0 Å². The SMILES string of the molecule is COC(=O)CC(c1cccc(OC)c1OC(C)C)c1c(O)c(O)c(O)c2c(=O)cc(-c3ccccc3)oc12. The van der Waals surface area contributed by atoms with Gasteiger partial charge in [-0.25, -0.2) is 0 Å². The molecule has 0 spiro atoms. The molecule has 4 rings (SSSR count). The minimum atomic E-state index is -1.05. The van der Waals surface area contributed by atoms with E-state index in [4.69, 9.17) is 18.6 Å². The van der Waals surface area contributed by atoms with Crippen LogP contribution in [-0.4, -0.2) is 41.6 Å². The third-order valence-corrected chi connectivity index (χ3v) is 6.10. The summed E-state index contributed by atoms with van der Waals surface area (Å²) in [5.74, 6) is -3.38. The summed E-state index contributed by atoms with van der Waals surface area (Å²) in [5, 5.41) is 32.1. The average Bonchev–Trinajstić information content (AvgIpc) is 2.91. The van der Waals surface area contributed by atoms with Gasteiger partial charge >= 0.3 is 5.97 Å². The van der Waals surface area contributed by atoms with Gasteiger partial charge in [0, 0.05) is 28.7 Å². The average molecular weight is 521 g/mol. The first-order valence-corrected chi connectivity index (χ1v) is 11.9. The zero-order chi connectivity index (χ0) is 27.6. The minimum absolute atomic E-state index is 0.0996. The monoisotopic (exact) mass is 520 g/mol. The number of phenols is 3. The summed E-state index contributed by atoms with van der Waals surface area (Å²) in [6, 6.07) is 15.0. The predicted octanol–water partition coefficient (Wildman–Crippen LogP) is 5.07. The molecule has 1 unspecified atom stereocenters. The minimum Gasteiger partial charge on any atom is -0.504 e. The molecule has 3 N–H and O–H groups in total.